The first-order chi connectivity index (χ1) is 16.7. The van der Waals surface area contributed by atoms with Crippen molar-refractivity contribution in [1.29, 1.82) is 5.26 Å². The lowest BCUT2D eigenvalue weighted by molar-refractivity contribution is 0.219. The quantitative estimate of drug-likeness (QED) is 0.264. The van der Waals surface area contributed by atoms with Gasteiger partial charge in [0, 0.05) is 23.9 Å². The van der Waals surface area contributed by atoms with Crippen LogP contribution in [0.4, 0.5) is 0 Å². The van der Waals surface area contributed by atoms with Crippen LogP contribution in [0.2, 0.25) is 0 Å². The first-order valence-electron chi connectivity index (χ1n) is 14.0. The van der Waals surface area contributed by atoms with Gasteiger partial charge >= 0.3 is 0 Å². The molecule has 1 aliphatic carbocycles. The van der Waals surface area contributed by atoms with Gasteiger partial charge in [-0.2, -0.15) is 5.26 Å². The number of rotatable bonds is 14. The Labute approximate surface area is 208 Å². The minimum absolute atomic E-state index is 0.111. The van der Waals surface area contributed by atoms with E-state index in [1.165, 1.54) is 81.8 Å². The van der Waals surface area contributed by atoms with E-state index in [9.17, 15) is 5.26 Å². The average Bonchev–Trinajstić information content (AvgIpc) is 2.89. The highest BCUT2D eigenvalue weighted by molar-refractivity contribution is 5.61. The molecule has 3 nitrogen and oxygen atoms in total. The second-order valence-corrected chi connectivity index (χ2v) is 10.5. The van der Waals surface area contributed by atoms with E-state index in [2.05, 4.69) is 44.2 Å². The average molecular weight is 460 g/mol. The third-order valence-electron chi connectivity index (χ3n) is 7.83. The van der Waals surface area contributed by atoms with E-state index in [-0.39, 0.29) is 5.41 Å². The Bertz CT molecular complexity index is 855. The summed E-state index contributed by atoms with van der Waals surface area (Å²) in [5, 5.41) is 9.88. The van der Waals surface area contributed by atoms with Crippen LogP contribution < -0.4 is 0 Å². The molecule has 0 amide bonds. The van der Waals surface area contributed by atoms with Crippen molar-refractivity contribution >= 4 is 0 Å². The van der Waals surface area contributed by atoms with Gasteiger partial charge in [-0.3, -0.25) is 0 Å². The predicted octanol–water partition coefficient (Wildman–Crippen LogP) is 9.18. The van der Waals surface area contributed by atoms with Crippen LogP contribution in [0, 0.1) is 16.7 Å². The number of aromatic nitrogens is 2. The number of aryl methyl sites for hydroxylation is 1. The molecule has 1 aromatic carbocycles. The molecule has 0 N–H and O–H groups in total. The lowest BCUT2D eigenvalue weighted by atomic mass is 9.68. The highest BCUT2D eigenvalue weighted by atomic mass is 14.9. The minimum atomic E-state index is -0.111. The fraction of sp³-hybridized carbons (Fsp3) is 0.645. The fourth-order valence-corrected chi connectivity index (χ4v) is 5.41. The standard InChI is InChI=1S/C31H45N3/c1-3-5-7-9-11-13-26-14-16-27(17-15-26)29-23-33-30(34-24-29)28-18-21-31(25-32,22-19-28)20-12-10-8-6-4-2/h14-17,23-24,28H,3-13,18-22H2,1-2H3/t28-,31-. The number of unbranched alkanes of at least 4 members (excludes halogenated alkanes) is 8. The van der Waals surface area contributed by atoms with Gasteiger partial charge in [-0.1, -0.05) is 95.9 Å². The van der Waals surface area contributed by atoms with Crippen LogP contribution in [0.15, 0.2) is 36.7 Å². The molecule has 3 rings (SSSR count). The highest BCUT2D eigenvalue weighted by Gasteiger charge is 2.36. The Morgan fingerprint density at radius 2 is 1.38 bits per heavy atom. The van der Waals surface area contributed by atoms with Crippen LogP contribution >= 0.6 is 0 Å². The second-order valence-electron chi connectivity index (χ2n) is 10.5. The number of hydrogen-bond donors (Lipinski definition) is 0. The van der Waals surface area contributed by atoms with Crippen molar-refractivity contribution in [2.45, 2.75) is 122 Å². The van der Waals surface area contributed by atoms with Crippen molar-refractivity contribution in [2.75, 3.05) is 0 Å². The Balaban J connectivity index is 1.48. The number of hydrogen-bond acceptors (Lipinski definition) is 3. The Morgan fingerprint density at radius 3 is 1.97 bits per heavy atom. The third-order valence-corrected chi connectivity index (χ3v) is 7.83. The maximum absolute atomic E-state index is 9.88. The molecular weight excluding hydrogens is 414 g/mol. The summed E-state index contributed by atoms with van der Waals surface area (Å²) in [5.41, 5.74) is 3.59. The summed E-state index contributed by atoms with van der Waals surface area (Å²) in [6, 6.07) is 11.6. The zero-order chi connectivity index (χ0) is 24.1. The summed E-state index contributed by atoms with van der Waals surface area (Å²) < 4.78 is 0. The molecular formula is C31H45N3. The zero-order valence-electron chi connectivity index (χ0n) is 21.7. The molecule has 1 aliphatic rings. The SMILES string of the molecule is CCCCCCCc1ccc(-c2cnc([C@H]3CC[C@@](C#N)(CCCCCCC)CC3)nc2)cc1. The topological polar surface area (TPSA) is 49.6 Å². The van der Waals surface area contributed by atoms with Crippen LogP contribution in [0.5, 0.6) is 0 Å². The van der Waals surface area contributed by atoms with E-state index in [4.69, 9.17) is 9.97 Å². The zero-order valence-corrected chi connectivity index (χ0v) is 21.7. The van der Waals surface area contributed by atoms with E-state index in [1.54, 1.807) is 0 Å². The molecule has 0 unspecified atom stereocenters. The van der Waals surface area contributed by atoms with Crippen molar-refractivity contribution < 1.29 is 0 Å². The van der Waals surface area contributed by atoms with E-state index in [0.717, 1.165) is 43.5 Å². The maximum Gasteiger partial charge on any atom is 0.131 e. The Morgan fingerprint density at radius 1 is 0.794 bits per heavy atom. The van der Waals surface area contributed by atoms with Gasteiger partial charge in [0.25, 0.3) is 0 Å². The predicted molar refractivity (Wildman–Crippen MR) is 143 cm³/mol. The summed E-state index contributed by atoms with van der Waals surface area (Å²) >= 11 is 0. The Kier molecular flexibility index (Phi) is 11.1. The van der Waals surface area contributed by atoms with Crippen molar-refractivity contribution in [1.82, 2.24) is 9.97 Å². The summed E-state index contributed by atoms with van der Waals surface area (Å²) in [5.74, 6) is 1.35. The third kappa shape index (κ3) is 7.93. The molecule has 0 aliphatic heterocycles. The largest absolute Gasteiger partial charge is 0.240 e. The molecule has 1 aromatic heterocycles. The molecule has 0 bridgehead atoms. The smallest absolute Gasteiger partial charge is 0.131 e. The summed E-state index contributed by atoms with van der Waals surface area (Å²) in [7, 11) is 0. The van der Waals surface area contributed by atoms with Gasteiger partial charge in [0.05, 0.1) is 11.5 Å². The minimum Gasteiger partial charge on any atom is -0.240 e. The van der Waals surface area contributed by atoms with E-state index >= 15 is 0 Å². The number of nitrogens with zero attached hydrogens (tertiary/aromatic N) is 3. The van der Waals surface area contributed by atoms with Gasteiger partial charge in [-0.25, -0.2) is 9.97 Å². The van der Waals surface area contributed by atoms with Crippen molar-refractivity contribution in [3.8, 4) is 17.2 Å². The molecule has 184 valence electrons. The number of nitriles is 1. The Hall–Kier alpha value is -2.21. The van der Waals surface area contributed by atoms with Gasteiger partial charge in [-0.05, 0) is 56.1 Å². The summed E-state index contributed by atoms with van der Waals surface area (Å²) in [6.45, 7) is 4.51. The van der Waals surface area contributed by atoms with Crippen molar-refractivity contribution in [3.05, 3.63) is 48.0 Å². The highest BCUT2D eigenvalue weighted by Crippen LogP contribution is 2.45. The summed E-state index contributed by atoms with van der Waals surface area (Å²) in [4.78, 5) is 9.51. The molecule has 0 saturated heterocycles. The fourth-order valence-electron chi connectivity index (χ4n) is 5.41. The van der Waals surface area contributed by atoms with Crippen LogP contribution in [0.25, 0.3) is 11.1 Å². The molecule has 0 spiro atoms. The van der Waals surface area contributed by atoms with E-state index < -0.39 is 0 Å². The van der Waals surface area contributed by atoms with Crippen LogP contribution in [-0.4, -0.2) is 9.97 Å². The molecule has 3 heteroatoms. The molecule has 1 heterocycles. The summed E-state index contributed by atoms with van der Waals surface area (Å²) in [6.07, 6.45) is 23.3. The lowest BCUT2D eigenvalue weighted by Crippen LogP contribution is -2.26. The number of benzene rings is 1. The molecule has 1 fully saturated rings. The van der Waals surface area contributed by atoms with Gasteiger partial charge < -0.3 is 0 Å². The van der Waals surface area contributed by atoms with Gasteiger partial charge in [0.2, 0.25) is 0 Å². The van der Waals surface area contributed by atoms with E-state index in [1.807, 2.05) is 12.4 Å². The molecule has 1 saturated carbocycles. The molecule has 2 aromatic rings. The molecule has 0 radical (unpaired) electrons. The van der Waals surface area contributed by atoms with Crippen molar-refractivity contribution in [2.24, 2.45) is 5.41 Å². The molecule has 34 heavy (non-hydrogen) atoms. The lowest BCUT2D eigenvalue weighted by Gasteiger charge is -2.34. The first kappa shape index (κ1) is 26.4. The maximum atomic E-state index is 9.88. The van der Waals surface area contributed by atoms with Gasteiger partial charge in [0.15, 0.2) is 0 Å². The normalized spacial score (nSPS) is 20.2. The second kappa shape index (κ2) is 14.2. The first-order valence-corrected chi connectivity index (χ1v) is 14.0. The molecule has 0 atom stereocenters. The van der Waals surface area contributed by atoms with E-state index in [0.29, 0.717) is 5.92 Å². The van der Waals surface area contributed by atoms with Crippen LogP contribution in [-0.2, 0) is 6.42 Å². The van der Waals surface area contributed by atoms with Gasteiger partial charge in [0.1, 0.15) is 5.82 Å². The van der Waals surface area contributed by atoms with Crippen molar-refractivity contribution in [3.63, 3.8) is 0 Å². The van der Waals surface area contributed by atoms with Gasteiger partial charge in [-0.15, -0.1) is 0 Å². The van der Waals surface area contributed by atoms with Crippen LogP contribution in [0.3, 0.4) is 0 Å². The monoisotopic (exact) mass is 459 g/mol. The van der Waals surface area contributed by atoms with Crippen LogP contribution in [0.1, 0.15) is 127 Å².